The Kier molecular flexibility index (Phi) is 11.0. The topological polar surface area (TPSA) is 36.4 Å². The van der Waals surface area contributed by atoms with Crippen LogP contribution in [0.4, 0.5) is 22.0 Å². The van der Waals surface area contributed by atoms with E-state index in [9.17, 15) is 22.0 Å². The van der Waals surface area contributed by atoms with Crippen molar-refractivity contribution in [2.24, 2.45) is 4.99 Å². The molecule has 2 N–H and O–H groups in total. The number of nitrogens with one attached hydrogen (secondary N) is 2. The van der Waals surface area contributed by atoms with E-state index in [2.05, 4.69) is 15.6 Å². The van der Waals surface area contributed by atoms with Gasteiger partial charge in [0.05, 0.1) is 6.04 Å². The van der Waals surface area contributed by atoms with Crippen molar-refractivity contribution < 1.29 is 22.0 Å². The first-order valence-electron chi connectivity index (χ1n) is 7.79. The van der Waals surface area contributed by atoms with Gasteiger partial charge in [0, 0.05) is 19.5 Å². The van der Waals surface area contributed by atoms with Gasteiger partial charge < -0.3 is 10.6 Å². The number of nitrogens with zero attached hydrogens (tertiary/aromatic N) is 1. The van der Waals surface area contributed by atoms with Crippen molar-refractivity contribution >= 4 is 29.9 Å². The summed E-state index contributed by atoms with van der Waals surface area (Å²) in [6.45, 7) is 4.42. The predicted octanol–water partition coefficient (Wildman–Crippen LogP) is 4.93. The first-order valence-corrected chi connectivity index (χ1v) is 7.79. The van der Waals surface area contributed by atoms with Gasteiger partial charge >= 0.3 is 6.18 Å². The Balaban J connectivity index is 0.00000576. The average molecular weight is 479 g/mol. The van der Waals surface area contributed by atoms with Gasteiger partial charge in [0.2, 0.25) is 0 Å². The molecule has 0 radical (unpaired) electrons. The van der Waals surface area contributed by atoms with Gasteiger partial charge in [0.1, 0.15) is 0 Å². The molecule has 0 aromatic heterocycles. The van der Waals surface area contributed by atoms with Crippen LogP contribution in [-0.4, -0.2) is 25.2 Å². The third-order valence-corrected chi connectivity index (χ3v) is 3.28. The predicted molar refractivity (Wildman–Crippen MR) is 99.2 cm³/mol. The Labute approximate surface area is 161 Å². The van der Waals surface area contributed by atoms with Crippen LogP contribution in [0.1, 0.15) is 44.7 Å². The summed E-state index contributed by atoms with van der Waals surface area (Å²) in [5.41, 5.74) is 0.538. The maximum Gasteiger partial charge on any atom is 0.389 e. The monoisotopic (exact) mass is 479 g/mol. The van der Waals surface area contributed by atoms with Crippen molar-refractivity contribution in [2.45, 2.75) is 45.3 Å². The van der Waals surface area contributed by atoms with Crippen LogP contribution in [-0.2, 0) is 0 Å². The lowest BCUT2D eigenvalue weighted by Crippen LogP contribution is -2.38. The fourth-order valence-corrected chi connectivity index (χ4v) is 2.02. The van der Waals surface area contributed by atoms with Crippen LogP contribution in [0.2, 0.25) is 0 Å². The highest BCUT2D eigenvalue weighted by atomic mass is 127. The van der Waals surface area contributed by atoms with E-state index >= 15 is 0 Å². The Morgan fingerprint density at radius 1 is 1.16 bits per heavy atom. The summed E-state index contributed by atoms with van der Waals surface area (Å²) in [7, 11) is 0. The zero-order valence-corrected chi connectivity index (χ0v) is 16.4. The van der Waals surface area contributed by atoms with Gasteiger partial charge in [-0.2, -0.15) is 13.2 Å². The van der Waals surface area contributed by atoms with E-state index in [1.54, 1.807) is 6.92 Å². The van der Waals surface area contributed by atoms with Gasteiger partial charge in [-0.3, -0.25) is 4.99 Å². The summed E-state index contributed by atoms with van der Waals surface area (Å²) in [4.78, 5) is 4.20. The molecule has 0 aliphatic carbocycles. The molecule has 1 aromatic rings. The average Bonchev–Trinajstić information content (AvgIpc) is 2.48. The molecule has 25 heavy (non-hydrogen) atoms. The normalized spacial score (nSPS) is 13.2. The molecule has 0 aliphatic heterocycles. The molecule has 3 nitrogen and oxygen atoms in total. The summed E-state index contributed by atoms with van der Waals surface area (Å²) in [6, 6.07) is 3.26. The van der Waals surface area contributed by atoms with Crippen molar-refractivity contribution in [3.05, 3.63) is 35.4 Å². The zero-order valence-electron chi connectivity index (χ0n) is 14.1. The molecular weight excluding hydrogens is 456 g/mol. The van der Waals surface area contributed by atoms with E-state index in [4.69, 9.17) is 0 Å². The Bertz CT molecular complexity index is 549. The lowest BCUT2D eigenvalue weighted by atomic mass is 10.1. The minimum absolute atomic E-state index is 0. The molecule has 0 spiro atoms. The molecule has 144 valence electrons. The van der Waals surface area contributed by atoms with E-state index in [1.165, 1.54) is 6.07 Å². The van der Waals surface area contributed by atoms with Crippen molar-refractivity contribution in [3.8, 4) is 0 Å². The Hall–Kier alpha value is -1.13. The number of halogens is 6. The third-order valence-electron chi connectivity index (χ3n) is 3.28. The number of aliphatic imine (C=N–C) groups is 1. The molecular formula is C16H23F5IN3. The van der Waals surface area contributed by atoms with Gasteiger partial charge in [0.25, 0.3) is 0 Å². The Morgan fingerprint density at radius 3 is 2.40 bits per heavy atom. The lowest BCUT2D eigenvalue weighted by molar-refractivity contribution is -0.135. The highest BCUT2D eigenvalue weighted by Gasteiger charge is 2.25. The molecule has 0 amide bonds. The zero-order chi connectivity index (χ0) is 18.2. The molecule has 1 unspecified atom stereocenters. The minimum atomic E-state index is -4.15. The van der Waals surface area contributed by atoms with Crippen molar-refractivity contribution in [1.29, 1.82) is 0 Å². The second-order valence-corrected chi connectivity index (χ2v) is 5.37. The number of benzene rings is 1. The largest absolute Gasteiger partial charge is 0.389 e. The maximum atomic E-state index is 13.3. The lowest BCUT2D eigenvalue weighted by Gasteiger charge is -2.18. The SMILES string of the molecule is CCNC(=NCCCCC(F)(F)F)NC(C)c1ccc(F)c(F)c1.I. The standard InChI is InChI=1S/C16H22F5N3.HI/c1-3-22-15(23-9-5-4-8-16(19,20)21)24-11(2)12-6-7-13(17)14(18)10-12;/h6-7,10-11H,3-5,8-9H2,1-2H3,(H2,22,23,24);1H. The maximum absolute atomic E-state index is 13.3. The molecule has 1 atom stereocenters. The third kappa shape index (κ3) is 9.81. The van der Waals surface area contributed by atoms with Crippen molar-refractivity contribution in [1.82, 2.24) is 10.6 Å². The molecule has 1 aromatic carbocycles. The van der Waals surface area contributed by atoms with Crippen LogP contribution < -0.4 is 10.6 Å². The number of hydrogen-bond donors (Lipinski definition) is 2. The number of hydrogen-bond acceptors (Lipinski definition) is 1. The van der Waals surface area contributed by atoms with Gasteiger partial charge in [-0.25, -0.2) is 8.78 Å². The number of alkyl halides is 3. The van der Waals surface area contributed by atoms with Crippen LogP contribution in [0, 0.1) is 11.6 Å². The molecule has 0 bridgehead atoms. The van der Waals surface area contributed by atoms with Crippen LogP contribution >= 0.6 is 24.0 Å². The Morgan fingerprint density at radius 2 is 1.84 bits per heavy atom. The molecule has 0 saturated heterocycles. The molecule has 0 aliphatic rings. The van der Waals surface area contributed by atoms with E-state index in [-0.39, 0.29) is 43.0 Å². The fourth-order valence-electron chi connectivity index (χ4n) is 2.02. The number of guanidine groups is 1. The van der Waals surface area contributed by atoms with Crippen molar-refractivity contribution in [2.75, 3.05) is 13.1 Å². The van der Waals surface area contributed by atoms with E-state index < -0.39 is 24.2 Å². The van der Waals surface area contributed by atoms with Gasteiger partial charge in [-0.05, 0) is 44.4 Å². The van der Waals surface area contributed by atoms with E-state index in [1.807, 2.05) is 6.92 Å². The van der Waals surface area contributed by atoms with Crippen molar-refractivity contribution in [3.63, 3.8) is 0 Å². The fraction of sp³-hybridized carbons (Fsp3) is 0.562. The molecule has 9 heteroatoms. The first kappa shape index (κ1) is 23.9. The van der Waals surface area contributed by atoms with Crippen LogP contribution in [0.15, 0.2) is 23.2 Å². The second kappa shape index (κ2) is 11.5. The summed E-state index contributed by atoms with van der Waals surface area (Å²) in [6.07, 6.45) is -4.63. The van der Waals surface area contributed by atoms with Gasteiger partial charge in [0.15, 0.2) is 17.6 Å². The van der Waals surface area contributed by atoms with Gasteiger partial charge in [-0.15, -0.1) is 24.0 Å². The molecule has 0 heterocycles. The van der Waals surface area contributed by atoms with Crippen LogP contribution in [0.3, 0.4) is 0 Å². The number of rotatable bonds is 7. The number of unbranched alkanes of at least 4 members (excludes halogenated alkanes) is 1. The van der Waals surface area contributed by atoms with Crippen LogP contribution in [0.5, 0.6) is 0 Å². The summed E-state index contributed by atoms with van der Waals surface area (Å²) >= 11 is 0. The summed E-state index contributed by atoms with van der Waals surface area (Å²) in [5.74, 6) is -1.44. The van der Waals surface area contributed by atoms with E-state index in [0.717, 1.165) is 12.1 Å². The molecule has 0 fully saturated rings. The molecule has 0 saturated carbocycles. The second-order valence-electron chi connectivity index (χ2n) is 5.37. The highest BCUT2D eigenvalue weighted by molar-refractivity contribution is 14.0. The highest BCUT2D eigenvalue weighted by Crippen LogP contribution is 2.22. The van der Waals surface area contributed by atoms with E-state index in [0.29, 0.717) is 24.5 Å². The van der Waals surface area contributed by atoms with Crippen LogP contribution in [0.25, 0.3) is 0 Å². The minimum Gasteiger partial charge on any atom is -0.357 e. The quantitative estimate of drug-likeness (QED) is 0.191. The smallest absolute Gasteiger partial charge is 0.357 e. The first-order chi connectivity index (χ1) is 11.2. The van der Waals surface area contributed by atoms with Gasteiger partial charge in [-0.1, -0.05) is 6.07 Å². The summed E-state index contributed by atoms with van der Waals surface area (Å²) in [5, 5.41) is 5.98. The summed E-state index contributed by atoms with van der Waals surface area (Å²) < 4.78 is 62.4. The molecule has 1 rings (SSSR count).